The van der Waals surface area contributed by atoms with Crippen LogP contribution in [0.2, 0.25) is 0 Å². The maximum atomic E-state index is 14.0. The third kappa shape index (κ3) is 3.16. The van der Waals surface area contributed by atoms with E-state index in [1.807, 2.05) is 6.07 Å². The summed E-state index contributed by atoms with van der Waals surface area (Å²) in [6, 6.07) is 8.77. The molecule has 1 atom stereocenters. The number of halogens is 2. The molecule has 0 aliphatic heterocycles. The minimum atomic E-state index is -2.94. The van der Waals surface area contributed by atoms with E-state index in [-0.39, 0.29) is 5.57 Å². The Bertz CT molecular complexity index is 416. The van der Waals surface area contributed by atoms with Crippen molar-refractivity contribution in [3.05, 3.63) is 47.5 Å². The van der Waals surface area contributed by atoms with E-state index in [4.69, 9.17) is 0 Å². The van der Waals surface area contributed by atoms with E-state index in [0.717, 1.165) is 0 Å². The molecule has 0 amide bonds. The van der Waals surface area contributed by atoms with Crippen molar-refractivity contribution in [2.45, 2.75) is 39.7 Å². The van der Waals surface area contributed by atoms with Crippen molar-refractivity contribution in [2.75, 3.05) is 0 Å². The molecule has 1 unspecified atom stereocenters. The summed E-state index contributed by atoms with van der Waals surface area (Å²) in [5.41, 5.74) is -0.655. The lowest BCUT2D eigenvalue weighted by atomic mass is 9.83. The number of rotatable bonds is 3. The molecule has 0 spiro atoms. The zero-order chi connectivity index (χ0) is 14.0. The van der Waals surface area contributed by atoms with Crippen LogP contribution in [0.25, 0.3) is 0 Å². The van der Waals surface area contributed by atoms with E-state index in [2.05, 4.69) is 0 Å². The molecule has 0 aliphatic carbocycles. The van der Waals surface area contributed by atoms with Gasteiger partial charge in [0.25, 0.3) is 5.92 Å². The summed E-state index contributed by atoms with van der Waals surface area (Å²) in [6.07, 6.45) is 0.222. The second-order valence-corrected chi connectivity index (χ2v) is 5.53. The van der Waals surface area contributed by atoms with E-state index >= 15 is 0 Å². The molecule has 1 aromatic rings. The fourth-order valence-electron chi connectivity index (χ4n) is 1.68. The second kappa shape index (κ2) is 5.19. The Hall–Kier alpha value is -1.22. The molecule has 1 nitrogen and oxygen atoms in total. The van der Waals surface area contributed by atoms with E-state index in [0.29, 0.717) is 5.56 Å². The Morgan fingerprint density at radius 1 is 1.17 bits per heavy atom. The molecule has 0 aromatic heterocycles. The quantitative estimate of drug-likeness (QED) is 0.795. The van der Waals surface area contributed by atoms with Gasteiger partial charge in [-0.15, -0.1) is 0 Å². The molecule has 0 bridgehead atoms. The maximum absolute atomic E-state index is 14.0. The fourth-order valence-corrected chi connectivity index (χ4v) is 1.68. The van der Waals surface area contributed by atoms with E-state index in [1.54, 1.807) is 24.3 Å². The summed E-state index contributed by atoms with van der Waals surface area (Å²) in [5, 5.41) is 9.91. The van der Waals surface area contributed by atoms with Gasteiger partial charge in [-0.25, -0.2) is 8.78 Å². The largest absolute Gasteiger partial charge is 0.384 e. The number of alkyl halides is 2. The third-order valence-corrected chi connectivity index (χ3v) is 2.99. The van der Waals surface area contributed by atoms with Gasteiger partial charge in [0.15, 0.2) is 0 Å². The van der Waals surface area contributed by atoms with Crippen LogP contribution in [0.5, 0.6) is 0 Å². The monoisotopic (exact) mass is 254 g/mol. The Balaban J connectivity index is 2.97. The molecule has 100 valence electrons. The Morgan fingerprint density at radius 3 is 2.11 bits per heavy atom. The highest BCUT2D eigenvalue weighted by Gasteiger charge is 2.44. The van der Waals surface area contributed by atoms with Crippen molar-refractivity contribution in [1.82, 2.24) is 0 Å². The first-order valence-electron chi connectivity index (χ1n) is 5.96. The lowest BCUT2D eigenvalue weighted by Crippen LogP contribution is -2.35. The lowest BCUT2D eigenvalue weighted by Gasteiger charge is -2.31. The molecule has 1 rings (SSSR count). The summed E-state index contributed by atoms with van der Waals surface area (Å²) in [7, 11) is 0. The second-order valence-electron chi connectivity index (χ2n) is 5.53. The van der Waals surface area contributed by atoms with E-state index in [9.17, 15) is 13.9 Å². The summed E-state index contributed by atoms with van der Waals surface area (Å²) >= 11 is 0. The average molecular weight is 254 g/mol. The zero-order valence-corrected chi connectivity index (χ0v) is 11.2. The zero-order valence-electron chi connectivity index (χ0n) is 11.2. The van der Waals surface area contributed by atoms with Gasteiger partial charge in [0.2, 0.25) is 0 Å². The number of aliphatic hydroxyl groups excluding tert-OH is 1. The van der Waals surface area contributed by atoms with Gasteiger partial charge in [-0.1, -0.05) is 51.1 Å². The molecular weight excluding hydrogens is 234 g/mol. The predicted molar refractivity (Wildman–Crippen MR) is 69.6 cm³/mol. The van der Waals surface area contributed by atoms with Crippen molar-refractivity contribution in [2.24, 2.45) is 5.41 Å². The lowest BCUT2D eigenvalue weighted by molar-refractivity contribution is -0.0619. The van der Waals surface area contributed by atoms with E-state index < -0.39 is 17.4 Å². The Labute approximate surface area is 107 Å². The van der Waals surface area contributed by atoms with Crippen LogP contribution in [0.1, 0.15) is 39.4 Å². The highest BCUT2D eigenvalue weighted by atomic mass is 19.3. The first-order valence-corrected chi connectivity index (χ1v) is 5.96. The molecular formula is C15H20F2O. The number of allylic oxidation sites excluding steroid dienone is 1. The van der Waals surface area contributed by atoms with E-state index in [1.165, 1.54) is 33.8 Å². The van der Waals surface area contributed by atoms with Gasteiger partial charge in [0.05, 0.1) is 6.10 Å². The van der Waals surface area contributed by atoms with Crippen LogP contribution in [0, 0.1) is 5.41 Å². The van der Waals surface area contributed by atoms with Gasteiger partial charge in [0.1, 0.15) is 0 Å². The van der Waals surface area contributed by atoms with Crippen molar-refractivity contribution < 1.29 is 13.9 Å². The van der Waals surface area contributed by atoms with Crippen molar-refractivity contribution >= 4 is 0 Å². The Morgan fingerprint density at radius 2 is 1.67 bits per heavy atom. The van der Waals surface area contributed by atoms with Crippen LogP contribution < -0.4 is 0 Å². The number of aliphatic hydroxyl groups is 1. The molecule has 0 radical (unpaired) electrons. The molecule has 1 aromatic carbocycles. The van der Waals surface area contributed by atoms with Crippen LogP contribution in [-0.4, -0.2) is 11.0 Å². The molecule has 0 aliphatic rings. The highest BCUT2D eigenvalue weighted by molar-refractivity contribution is 5.25. The molecule has 3 heteroatoms. The summed E-state index contributed by atoms with van der Waals surface area (Å²) < 4.78 is 28.0. The van der Waals surface area contributed by atoms with Gasteiger partial charge in [-0.2, -0.15) is 0 Å². The normalized spacial score (nSPS) is 15.6. The molecule has 1 N–H and O–H groups in total. The number of hydrogen-bond acceptors (Lipinski definition) is 1. The average Bonchev–Trinajstić information content (AvgIpc) is 2.28. The van der Waals surface area contributed by atoms with Crippen LogP contribution in [-0.2, 0) is 0 Å². The fraction of sp³-hybridized carbons (Fsp3) is 0.467. The molecule has 0 saturated carbocycles. The molecule has 0 heterocycles. The third-order valence-electron chi connectivity index (χ3n) is 2.99. The maximum Gasteiger partial charge on any atom is 0.273 e. The summed E-state index contributed by atoms with van der Waals surface area (Å²) in [5.74, 6) is -2.94. The van der Waals surface area contributed by atoms with Crippen LogP contribution >= 0.6 is 0 Å². The molecule has 18 heavy (non-hydrogen) atoms. The van der Waals surface area contributed by atoms with Crippen LogP contribution in [0.4, 0.5) is 8.78 Å². The van der Waals surface area contributed by atoms with Gasteiger partial charge >= 0.3 is 0 Å². The van der Waals surface area contributed by atoms with Crippen molar-refractivity contribution in [1.29, 1.82) is 0 Å². The standard InChI is InChI=1S/C15H20F2O/c1-11(15(16,17)14(2,3)4)10-13(18)12-8-6-5-7-9-12/h5-10,13,18H,1-4H3/b11-10+. The summed E-state index contributed by atoms with van der Waals surface area (Å²) in [6.45, 7) is 5.81. The van der Waals surface area contributed by atoms with Crippen molar-refractivity contribution in [3.8, 4) is 0 Å². The topological polar surface area (TPSA) is 20.2 Å². The summed E-state index contributed by atoms with van der Waals surface area (Å²) in [4.78, 5) is 0. The highest BCUT2D eigenvalue weighted by Crippen LogP contribution is 2.41. The minimum absolute atomic E-state index is 0.105. The molecule has 0 saturated heterocycles. The first-order chi connectivity index (χ1) is 8.16. The predicted octanol–water partition coefficient (Wildman–Crippen LogP) is 4.35. The Kier molecular flexibility index (Phi) is 4.28. The van der Waals surface area contributed by atoms with Crippen molar-refractivity contribution in [3.63, 3.8) is 0 Å². The smallest absolute Gasteiger partial charge is 0.273 e. The molecule has 0 fully saturated rings. The van der Waals surface area contributed by atoms with Gasteiger partial charge < -0.3 is 5.11 Å². The van der Waals surface area contributed by atoms with Gasteiger partial charge in [-0.05, 0) is 24.1 Å². The minimum Gasteiger partial charge on any atom is -0.384 e. The number of benzene rings is 1. The van der Waals surface area contributed by atoms with Crippen LogP contribution in [0.15, 0.2) is 42.0 Å². The van der Waals surface area contributed by atoms with Crippen LogP contribution in [0.3, 0.4) is 0 Å². The SMILES string of the molecule is C/C(=C\C(O)c1ccccc1)C(F)(F)C(C)(C)C. The van der Waals surface area contributed by atoms with Gasteiger partial charge in [-0.3, -0.25) is 0 Å². The van der Waals surface area contributed by atoms with Gasteiger partial charge in [0, 0.05) is 5.41 Å². The first kappa shape index (κ1) is 14.8. The number of hydrogen-bond donors (Lipinski definition) is 1.